The van der Waals surface area contributed by atoms with Crippen LogP contribution in [0.25, 0.3) is 0 Å². The SMILES string of the molecule is O=C(CCn1cccc1)N1CCCCCC1. The summed E-state index contributed by atoms with van der Waals surface area (Å²) in [5, 5.41) is 0. The van der Waals surface area contributed by atoms with E-state index in [-0.39, 0.29) is 0 Å². The molecular weight excluding hydrogens is 200 g/mol. The van der Waals surface area contributed by atoms with Crippen LogP contribution in [0, 0.1) is 0 Å². The molecule has 0 spiro atoms. The van der Waals surface area contributed by atoms with Crippen molar-refractivity contribution in [2.45, 2.75) is 38.6 Å². The number of amides is 1. The van der Waals surface area contributed by atoms with Crippen LogP contribution in [0.2, 0.25) is 0 Å². The van der Waals surface area contributed by atoms with Gasteiger partial charge in [-0.3, -0.25) is 4.79 Å². The van der Waals surface area contributed by atoms with Crippen LogP contribution in [0.5, 0.6) is 0 Å². The molecule has 0 radical (unpaired) electrons. The Morgan fingerprint density at radius 2 is 1.62 bits per heavy atom. The van der Waals surface area contributed by atoms with Crippen LogP contribution in [-0.4, -0.2) is 28.5 Å². The molecule has 1 saturated heterocycles. The van der Waals surface area contributed by atoms with Crippen LogP contribution < -0.4 is 0 Å². The number of aryl methyl sites for hydroxylation is 1. The van der Waals surface area contributed by atoms with Gasteiger partial charge in [0.25, 0.3) is 0 Å². The van der Waals surface area contributed by atoms with Crippen molar-refractivity contribution in [1.82, 2.24) is 9.47 Å². The number of hydrogen-bond donors (Lipinski definition) is 0. The summed E-state index contributed by atoms with van der Waals surface area (Å²) in [7, 11) is 0. The van der Waals surface area contributed by atoms with Gasteiger partial charge in [0, 0.05) is 38.4 Å². The van der Waals surface area contributed by atoms with Crippen LogP contribution in [0.4, 0.5) is 0 Å². The molecule has 88 valence electrons. The zero-order valence-electron chi connectivity index (χ0n) is 9.77. The zero-order valence-corrected chi connectivity index (χ0v) is 9.77. The first-order valence-electron chi connectivity index (χ1n) is 6.25. The number of rotatable bonds is 3. The monoisotopic (exact) mass is 220 g/mol. The molecule has 0 unspecified atom stereocenters. The van der Waals surface area contributed by atoms with Crippen molar-refractivity contribution in [3.8, 4) is 0 Å². The Hall–Kier alpha value is -1.25. The Labute approximate surface area is 97.1 Å². The van der Waals surface area contributed by atoms with Crippen LogP contribution >= 0.6 is 0 Å². The van der Waals surface area contributed by atoms with E-state index in [1.54, 1.807) is 0 Å². The molecule has 0 aromatic carbocycles. The topological polar surface area (TPSA) is 25.2 Å². The predicted molar refractivity (Wildman–Crippen MR) is 64.1 cm³/mol. The molecule has 16 heavy (non-hydrogen) atoms. The number of nitrogens with zero attached hydrogens (tertiary/aromatic N) is 2. The summed E-state index contributed by atoms with van der Waals surface area (Å²) in [5.74, 6) is 0.315. The third-order valence-electron chi connectivity index (χ3n) is 3.21. The normalized spacial score (nSPS) is 17.1. The van der Waals surface area contributed by atoms with Crippen molar-refractivity contribution in [2.24, 2.45) is 0 Å². The fraction of sp³-hybridized carbons (Fsp3) is 0.615. The Morgan fingerprint density at radius 3 is 2.25 bits per heavy atom. The first kappa shape index (κ1) is 11.2. The van der Waals surface area contributed by atoms with E-state index in [1.807, 2.05) is 29.4 Å². The van der Waals surface area contributed by atoms with E-state index in [9.17, 15) is 4.79 Å². The average Bonchev–Trinajstić information content (AvgIpc) is 2.66. The van der Waals surface area contributed by atoms with Crippen molar-refractivity contribution < 1.29 is 4.79 Å². The van der Waals surface area contributed by atoms with Crippen molar-refractivity contribution in [3.05, 3.63) is 24.5 Å². The number of carbonyl (C=O) groups is 1. The Kier molecular flexibility index (Phi) is 4.03. The van der Waals surface area contributed by atoms with Crippen LogP contribution in [0.3, 0.4) is 0 Å². The summed E-state index contributed by atoms with van der Waals surface area (Å²) < 4.78 is 2.07. The van der Waals surface area contributed by atoms with E-state index in [2.05, 4.69) is 4.57 Å². The molecule has 3 nitrogen and oxygen atoms in total. The fourth-order valence-electron chi connectivity index (χ4n) is 2.22. The number of aromatic nitrogens is 1. The highest BCUT2D eigenvalue weighted by atomic mass is 16.2. The molecule has 1 fully saturated rings. The largest absolute Gasteiger partial charge is 0.354 e. The smallest absolute Gasteiger partial charge is 0.224 e. The second-order valence-corrected chi connectivity index (χ2v) is 4.47. The number of likely N-dealkylation sites (tertiary alicyclic amines) is 1. The molecule has 0 aliphatic carbocycles. The first-order valence-corrected chi connectivity index (χ1v) is 6.25. The molecule has 2 heterocycles. The predicted octanol–water partition coefficient (Wildman–Crippen LogP) is 2.28. The third kappa shape index (κ3) is 3.12. The number of carbonyl (C=O) groups excluding carboxylic acids is 1. The quantitative estimate of drug-likeness (QED) is 0.767. The van der Waals surface area contributed by atoms with Gasteiger partial charge in [-0.1, -0.05) is 12.8 Å². The summed E-state index contributed by atoms with van der Waals surface area (Å²) >= 11 is 0. The molecule has 0 saturated carbocycles. The molecule has 1 aliphatic rings. The summed E-state index contributed by atoms with van der Waals surface area (Å²) in [5.41, 5.74) is 0. The molecule has 1 aromatic rings. The van der Waals surface area contributed by atoms with E-state index >= 15 is 0 Å². The molecule has 1 amide bonds. The molecule has 3 heteroatoms. The third-order valence-corrected chi connectivity index (χ3v) is 3.21. The van der Waals surface area contributed by atoms with Gasteiger partial charge in [-0.15, -0.1) is 0 Å². The lowest BCUT2D eigenvalue weighted by Gasteiger charge is -2.20. The minimum atomic E-state index is 0.315. The molecular formula is C13H20N2O. The Bertz CT molecular complexity index is 311. The highest BCUT2D eigenvalue weighted by Gasteiger charge is 2.14. The van der Waals surface area contributed by atoms with Crippen molar-refractivity contribution in [2.75, 3.05) is 13.1 Å². The second kappa shape index (κ2) is 5.73. The van der Waals surface area contributed by atoms with Gasteiger partial charge in [-0.05, 0) is 25.0 Å². The van der Waals surface area contributed by atoms with Crippen LogP contribution in [0.1, 0.15) is 32.1 Å². The van der Waals surface area contributed by atoms with Crippen molar-refractivity contribution in [3.63, 3.8) is 0 Å². The van der Waals surface area contributed by atoms with Gasteiger partial charge in [0.15, 0.2) is 0 Å². The minimum absolute atomic E-state index is 0.315. The summed E-state index contributed by atoms with van der Waals surface area (Å²) in [4.78, 5) is 14.0. The first-order chi connectivity index (χ1) is 7.86. The van der Waals surface area contributed by atoms with Gasteiger partial charge in [0.1, 0.15) is 0 Å². The van der Waals surface area contributed by atoms with Crippen molar-refractivity contribution >= 4 is 5.91 Å². The van der Waals surface area contributed by atoms with Gasteiger partial charge in [0.05, 0.1) is 0 Å². The highest BCUT2D eigenvalue weighted by molar-refractivity contribution is 5.76. The van der Waals surface area contributed by atoms with Crippen LogP contribution in [0.15, 0.2) is 24.5 Å². The maximum atomic E-state index is 12.0. The van der Waals surface area contributed by atoms with Gasteiger partial charge in [-0.25, -0.2) is 0 Å². The second-order valence-electron chi connectivity index (χ2n) is 4.47. The fourth-order valence-corrected chi connectivity index (χ4v) is 2.22. The molecule has 1 aliphatic heterocycles. The van der Waals surface area contributed by atoms with Gasteiger partial charge >= 0.3 is 0 Å². The minimum Gasteiger partial charge on any atom is -0.354 e. The summed E-state index contributed by atoms with van der Waals surface area (Å²) in [6.45, 7) is 2.73. The van der Waals surface area contributed by atoms with Gasteiger partial charge in [0.2, 0.25) is 5.91 Å². The van der Waals surface area contributed by atoms with E-state index < -0.39 is 0 Å². The highest BCUT2D eigenvalue weighted by Crippen LogP contribution is 2.11. The zero-order chi connectivity index (χ0) is 11.2. The molecule has 0 bridgehead atoms. The van der Waals surface area contributed by atoms with E-state index in [1.165, 1.54) is 25.7 Å². The summed E-state index contributed by atoms with van der Waals surface area (Å²) in [6.07, 6.45) is 9.56. The van der Waals surface area contributed by atoms with Gasteiger partial charge < -0.3 is 9.47 Å². The lowest BCUT2D eigenvalue weighted by atomic mass is 10.2. The van der Waals surface area contributed by atoms with Crippen molar-refractivity contribution in [1.29, 1.82) is 0 Å². The average molecular weight is 220 g/mol. The van der Waals surface area contributed by atoms with Gasteiger partial charge in [-0.2, -0.15) is 0 Å². The Balaban J connectivity index is 1.78. The lowest BCUT2D eigenvalue weighted by Crippen LogP contribution is -2.32. The summed E-state index contributed by atoms with van der Waals surface area (Å²) in [6, 6.07) is 3.99. The molecule has 0 atom stereocenters. The van der Waals surface area contributed by atoms with E-state index in [0.29, 0.717) is 12.3 Å². The van der Waals surface area contributed by atoms with E-state index in [4.69, 9.17) is 0 Å². The van der Waals surface area contributed by atoms with Crippen LogP contribution in [-0.2, 0) is 11.3 Å². The molecule has 1 aromatic heterocycles. The van der Waals surface area contributed by atoms with E-state index in [0.717, 1.165) is 19.6 Å². The maximum absolute atomic E-state index is 12.0. The molecule has 2 rings (SSSR count). The maximum Gasteiger partial charge on any atom is 0.224 e. The Morgan fingerprint density at radius 1 is 1.00 bits per heavy atom. The molecule has 0 N–H and O–H groups in total. The number of hydrogen-bond acceptors (Lipinski definition) is 1. The lowest BCUT2D eigenvalue weighted by molar-refractivity contribution is -0.131. The standard InChI is InChI=1S/C13H20N2O/c16-13(7-12-14-8-5-6-9-14)15-10-3-1-2-4-11-15/h5-6,8-9H,1-4,7,10-12H2.